The predicted molar refractivity (Wildman–Crippen MR) is 110 cm³/mol. The summed E-state index contributed by atoms with van der Waals surface area (Å²) in [5.74, 6) is 0.257. The molecule has 4 aromatic rings. The molecule has 1 N–H and O–H groups in total. The molecule has 0 aliphatic rings. The lowest BCUT2D eigenvalue weighted by molar-refractivity contribution is -0.384. The molecular weight excluding hydrogens is 406 g/mol. The molecule has 6 nitrogen and oxygen atoms in total. The molecule has 1 aromatic carbocycles. The number of aromatic nitrogens is 2. The minimum absolute atomic E-state index is 0.00378. The van der Waals surface area contributed by atoms with Gasteiger partial charge in [0.2, 0.25) is 0 Å². The molecular formula is C18H10ClN3O3S2. The highest BCUT2D eigenvalue weighted by molar-refractivity contribution is 7.18. The number of thiophene rings is 2. The Bertz CT molecular complexity index is 1230. The molecule has 134 valence electrons. The first-order valence-corrected chi connectivity index (χ1v) is 9.84. The summed E-state index contributed by atoms with van der Waals surface area (Å²) >= 11 is 9.27. The van der Waals surface area contributed by atoms with Crippen LogP contribution in [0.2, 0.25) is 0 Å². The molecule has 0 bridgehead atoms. The number of nitrogens with one attached hydrogen (secondary N) is 1. The van der Waals surface area contributed by atoms with E-state index in [0.29, 0.717) is 15.8 Å². The van der Waals surface area contributed by atoms with Gasteiger partial charge in [-0.2, -0.15) is 0 Å². The summed E-state index contributed by atoms with van der Waals surface area (Å²) in [5.41, 5.74) is 1.27. The minimum Gasteiger partial charge on any atom is -0.305 e. The van der Waals surface area contributed by atoms with Crippen molar-refractivity contribution in [2.75, 3.05) is 0 Å². The molecule has 27 heavy (non-hydrogen) atoms. The van der Waals surface area contributed by atoms with Gasteiger partial charge in [-0.15, -0.1) is 22.7 Å². The molecule has 0 radical (unpaired) electrons. The third-order valence-corrected chi connectivity index (χ3v) is 5.92. The predicted octanol–water partition coefficient (Wildman–Crippen LogP) is 5.36. The fraction of sp³-hybridized carbons (Fsp3) is 0. The Labute approximate surface area is 165 Å². The van der Waals surface area contributed by atoms with Gasteiger partial charge in [-0.3, -0.25) is 14.9 Å². The third kappa shape index (κ3) is 3.42. The molecule has 0 fully saturated rings. The van der Waals surface area contributed by atoms with Crippen molar-refractivity contribution in [3.63, 3.8) is 0 Å². The van der Waals surface area contributed by atoms with E-state index in [9.17, 15) is 14.9 Å². The number of nitro groups is 1. The van der Waals surface area contributed by atoms with E-state index in [1.54, 1.807) is 29.5 Å². The number of non-ortho nitro benzene ring substituents is 1. The fourth-order valence-electron chi connectivity index (χ4n) is 2.58. The van der Waals surface area contributed by atoms with E-state index < -0.39 is 4.92 Å². The summed E-state index contributed by atoms with van der Waals surface area (Å²) in [6.45, 7) is 0. The monoisotopic (exact) mass is 415 g/mol. The Balaban J connectivity index is 1.73. The maximum Gasteiger partial charge on any atom is 0.269 e. The summed E-state index contributed by atoms with van der Waals surface area (Å²) in [7, 11) is 0. The molecule has 0 spiro atoms. The van der Waals surface area contributed by atoms with Crippen LogP contribution >= 0.6 is 34.3 Å². The zero-order chi connectivity index (χ0) is 19.0. The van der Waals surface area contributed by atoms with Crippen molar-refractivity contribution in [2.24, 2.45) is 0 Å². The smallest absolute Gasteiger partial charge is 0.269 e. The average Bonchev–Trinajstić information content (AvgIpc) is 3.31. The molecule has 0 saturated heterocycles. The van der Waals surface area contributed by atoms with Crippen LogP contribution in [0.1, 0.15) is 11.4 Å². The van der Waals surface area contributed by atoms with Gasteiger partial charge in [0.05, 0.1) is 15.3 Å². The maximum absolute atomic E-state index is 12.6. The molecule has 9 heteroatoms. The molecule has 3 heterocycles. The van der Waals surface area contributed by atoms with Crippen LogP contribution in [0.3, 0.4) is 0 Å². The molecule has 0 atom stereocenters. The number of aromatic amines is 1. The molecule has 0 saturated carbocycles. The van der Waals surface area contributed by atoms with Crippen molar-refractivity contribution in [1.29, 1.82) is 0 Å². The number of benzene rings is 1. The second-order valence-corrected chi connectivity index (χ2v) is 7.78. The highest BCUT2D eigenvalue weighted by atomic mass is 35.5. The largest absolute Gasteiger partial charge is 0.305 e. The topological polar surface area (TPSA) is 88.9 Å². The van der Waals surface area contributed by atoms with E-state index in [0.717, 1.165) is 10.4 Å². The lowest BCUT2D eigenvalue weighted by atomic mass is 10.2. The first-order chi connectivity index (χ1) is 13.0. The number of hydrogen-bond acceptors (Lipinski definition) is 6. The lowest BCUT2D eigenvalue weighted by Crippen LogP contribution is -2.10. The summed E-state index contributed by atoms with van der Waals surface area (Å²) in [5, 5.41) is 15.4. The maximum atomic E-state index is 12.6. The number of rotatable bonds is 4. The van der Waals surface area contributed by atoms with Crippen LogP contribution < -0.4 is 5.56 Å². The Morgan fingerprint density at radius 1 is 1.22 bits per heavy atom. The zero-order valence-electron chi connectivity index (χ0n) is 13.5. The van der Waals surface area contributed by atoms with Gasteiger partial charge in [0.1, 0.15) is 4.83 Å². The van der Waals surface area contributed by atoms with Crippen LogP contribution in [0.25, 0.3) is 31.8 Å². The SMILES string of the molecule is O=c1[nH]c(/C(Cl)=C/c2ccc([N+](=O)[O-])cc2)nc2scc(-c3cccs3)c12. The first-order valence-electron chi connectivity index (χ1n) is 7.70. The normalized spacial score (nSPS) is 11.8. The highest BCUT2D eigenvalue weighted by Crippen LogP contribution is 2.34. The number of fused-ring (bicyclic) bond motifs is 1. The summed E-state index contributed by atoms with van der Waals surface area (Å²) in [6, 6.07) is 9.84. The second kappa shape index (κ2) is 7.07. The molecule has 0 amide bonds. The van der Waals surface area contributed by atoms with Crippen LogP contribution in [0.5, 0.6) is 0 Å². The van der Waals surface area contributed by atoms with Gasteiger partial charge in [0, 0.05) is 28.0 Å². The van der Waals surface area contributed by atoms with Crippen molar-refractivity contribution in [1.82, 2.24) is 9.97 Å². The Morgan fingerprint density at radius 3 is 2.67 bits per heavy atom. The van der Waals surface area contributed by atoms with Gasteiger partial charge in [-0.25, -0.2) is 4.98 Å². The van der Waals surface area contributed by atoms with Crippen molar-refractivity contribution in [3.8, 4) is 10.4 Å². The number of nitrogens with zero attached hydrogens (tertiary/aromatic N) is 2. The Morgan fingerprint density at radius 2 is 2.00 bits per heavy atom. The average molecular weight is 416 g/mol. The number of nitro benzene ring substituents is 1. The Kier molecular flexibility index (Phi) is 4.61. The summed E-state index contributed by atoms with van der Waals surface area (Å²) < 4.78 is 0. The van der Waals surface area contributed by atoms with Crippen molar-refractivity contribution >= 4 is 61.3 Å². The molecule has 4 rings (SSSR count). The first kappa shape index (κ1) is 17.6. The van der Waals surface area contributed by atoms with E-state index in [1.165, 1.54) is 23.5 Å². The van der Waals surface area contributed by atoms with E-state index >= 15 is 0 Å². The summed E-state index contributed by atoms with van der Waals surface area (Å²) in [6.07, 6.45) is 1.60. The second-order valence-electron chi connectivity index (χ2n) is 5.56. The van der Waals surface area contributed by atoms with Gasteiger partial charge in [-0.05, 0) is 35.2 Å². The molecule has 0 aliphatic heterocycles. The van der Waals surface area contributed by atoms with Gasteiger partial charge in [0.15, 0.2) is 5.82 Å². The Hall–Kier alpha value is -2.81. The van der Waals surface area contributed by atoms with Crippen molar-refractivity contribution in [3.05, 3.63) is 79.0 Å². The zero-order valence-corrected chi connectivity index (χ0v) is 15.9. The molecule has 0 aliphatic carbocycles. The highest BCUT2D eigenvalue weighted by Gasteiger charge is 2.14. The van der Waals surface area contributed by atoms with Gasteiger partial charge >= 0.3 is 0 Å². The van der Waals surface area contributed by atoms with Crippen LogP contribution in [0.4, 0.5) is 5.69 Å². The van der Waals surface area contributed by atoms with Crippen molar-refractivity contribution in [2.45, 2.75) is 0 Å². The third-order valence-electron chi connectivity index (χ3n) is 3.85. The summed E-state index contributed by atoms with van der Waals surface area (Å²) in [4.78, 5) is 31.7. The lowest BCUT2D eigenvalue weighted by Gasteiger charge is -2.01. The quantitative estimate of drug-likeness (QED) is 0.359. The van der Waals surface area contributed by atoms with Crippen LogP contribution in [0.15, 0.2) is 52.0 Å². The van der Waals surface area contributed by atoms with E-state index in [4.69, 9.17) is 11.6 Å². The van der Waals surface area contributed by atoms with Crippen LogP contribution in [0, 0.1) is 10.1 Å². The fourth-order valence-corrected chi connectivity index (χ4v) is 4.56. The van der Waals surface area contributed by atoms with E-state index in [1.807, 2.05) is 22.9 Å². The molecule has 0 unspecified atom stereocenters. The number of hydrogen-bond donors (Lipinski definition) is 1. The van der Waals surface area contributed by atoms with Crippen molar-refractivity contribution < 1.29 is 4.92 Å². The van der Waals surface area contributed by atoms with Crippen LogP contribution in [-0.2, 0) is 0 Å². The van der Waals surface area contributed by atoms with Gasteiger partial charge in [0.25, 0.3) is 11.2 Å². The van der Waals surface area contributed by atoms with Crippen LogP contribution in [-0.4, -0.2) is 14.9 Å². The minimum atomic E-state index is -0.468. The molecule has 3 aromatic heterocycles. The van der Waals surface area contributed by atoms with E-state index in [2.05, 4.69) is 9.97 Å². The van der Waals surface area contributed by atoms with Gasteiger partial charge < -0.3 is 4.98 Å². The van der Waals surface area contributed by atoms with E-state index in [-0.39, 0.29) is 22.1 Å². The van der Waals surface area contributed by atoms with Gasteiger partial charge in [-0.1, -0.05) is 17.7 Å². The standard InChI is InChI=1S/C18H10ClN3O3S2/c19-13(8-10-3-5-11(6-4-10)22(24)25)16-20-17(23)15-12(9-27-18(15)21-16)14-2-1-7-26-14/h1-9H,(H,20,21,23)/b13-8-. The number of H-pyrrole nitrogens is 1. The number of halogens is 1.